The SMILES string of the molecule is O=C(NC(CC1CCCCC1)C(=O)O)c1cc2c(F)cccc2[nH]1. The Morgan fingerprint density at radius 1 is 1.29 bits per heavy atom. The summed E-state index contributed by atoms with van der Waals surface area (Å²) >= 11 is 0. The second kappa shape index (κ2) is 7.03. The maximum atomic E-state index is 13.7. The van der Waals surface area contributed by atoms with E-state index in [4.69, 9.17) is 0 Å². The van der Waals surface area contributed by atoms with Gasteiger partial charge in [0.2, 0.25) is 0 Å². The van der Waals surface area contributed by atoms with Gasteiger partial charge in [-0.1, -0.05) is 38.2 Å². The highest BCUT2D eigenvalue weighted by Gasteiger charge is 2.26. The van der Waals surface area contributed by atoms with Crippen molar-refractivity contribution in [2.45, 2.75) is 44.6 Å². The first kappa shape index (κ1) is 16.5. The highest BCUT2D eigenvalue weighted by atomic mass is 19.1. The number of carbonyl (C=O) groups excluding carboxylic acids is 1. The molecule has 1 amide bonds. The summed E-state index contributed by atoms with van der Waals surface area (Å²) in [6.45, 7) is 0. The van der Waals surface area contributed by atoms with Crippen LogP contribution < -0.4 is 5.32 Å². The Morgan fingerprint density at radius 3 is 2.71 bits per heavy atom. The summed E-state index contributed by atoms with van der Waals surface area (Å²) in [5.74, 6) is -1.63. The van der Waals surface area contributed by atoms with E-state index in [0.717, 1.165) is 25.7 Å². The van der Waals surface area contributed by atoms with Gasteiger partial charge in [0.1, 0.15) is 17.6 Å². The van der Waals surface area contributed by atoms with Crippen molar-refractivity contribution in [2.75, 3.05) is 0 Å². The number of fused-ring (bicyclic) bond motifs is 1. The molecule has 0 radical (unpaired) electrons. The van der Waals surface area contributed by atoms with Crippen molar-refractivity contribution < 1.29 is 19.1 Å². The fourth-order valence-corrected chi connectivity index (χ4v) is 3.45. The van der Waals surface area contributed by atoms with Gasteiger partial charge < -0.3 is 15.4 Å². The number of aliphatic carboxylic acids is 1. The maximum absolute atomic E-state index is 13.7. The van der Waals surface area contributed by atoms with Crippen LogP contribution in [-0.2, 0) is 4.79 Å². The van der Waals surface area contributed by atoms with Crippen LogP contribution in [0, 0.1) is 11.7 Å². The van der Waals surface area contributed by atoms with Crippen LogP contribution in [-0.4, -0.2) is 28.0 Å². The number of nitrogens with one attached hydrogen (secondary N) is 2. The molecule has 1 saturated carbocycles. The Bertz CT molecular complexity index is 750. The Hall–Kier alpha value is -2.37. The Labute approximate surface area is 139 Å². The van der Waals surface area contributed by atoms with E-state index in [-0.39, 0.29) is 5.69 Å². The summed E-state index contributed by atoms with van der Waals surface area (Å²) in [5, 5.41) is 12.3. The molecule has 2 aromatic rings. The van der Waals surface area contributed by atoms with E-state index in [1.807, 2.05) is 0 Å². The van der Waals surface area contributed by atoms with Crippen molar-refractivity contribution in [3.05, 3.63) is 35.8 Å². The largest absolute Gasteiger partial charge is 0.480 e. The Balaban J connectivity index is 1.72. The molecule has 1 aliphatic rings. The van der Waals surface area contributed by atoms with Gasteiger partial charge in [-0.15, -0.1) is 0 Å². The molecule has 6 heteroatoms. The number of hydrogen-bond acceptors (Lipinski definition) is 2. The third-order valence-electron chi connectivity index (χ3n) is 4.75. The number of benzene rings is 1. The number of amides is 1. The molecule has 1 unspecified atom stereocenters. The van der Waals surface area contributed by atoms with Crippen LogP contribution in [0.4, 0.5) is 4.39 Å². The lowest BCUT2D eigenvalue weighted by molar-refractivity contribution is -0.139. The molecule has 0 bridgehead atoms. The summed E-state index contributed by atoms with van der Waals surface area (Å²) in [6, 6.07) is 5.04. The summed E-state index contributed by atoms with van der Waals surface area (Å²) in [7, 11) is 0. The molecule has 5 nitrogen and oxygen atoms in total. The van der Waals surface area contributed by atoms with Crippen molar-refractivity contribution in [1.82, 2.24) is 10.3 Å². The standard InChI is InChI=1S/C18H21FN2O3/c19-13-7-4-8-14-12(13)10-15(20-14)17(22)21-16(18(23)24)9-11-5-2-1-3-6-11/h4,7-8,10-11,16,20H,1-3,5-6,9H2,(H,21,22)(H,23,24). The van der Waals surface area contributed by atoms with Crippen molar-refractivity contribution in [2.24, 2.45) is 5.92 Å². The summed E-state index contributed by atoms with van der Waals surface area (Å²) in [4.78, 5) is 26.7. The lowest BCUT2D eigenvalue weighted by Crippen LogP contribution is -2.42. The van der Waals surface area contributed by atoms with Crippen LogP contribution in [0.15, 0.2) is 24.3 Å². The Morgan fingerprint density at radius 2 is 2.04 bits per heavy atom. The molecule has 3 rings (SSSR count). The minimum absolute atomic E-state index is 0.171. The predicted octanol–water partition coefficient (Wildman–Crippen LogP) is 3.46. The van der Waals surface area contributed by atoms with Gasteiger partial charge in [-0.05, 0) is 30.5 Å². The molecule has 1 aromatic carbocycles. The molecule has 1 fully saturated rings. The number of rotatable bonds is 5. The highest BCUT2D eigenvalue weighted by Crippen LogP contribution is 2.27. The van der Waals surface area contributed by atoms with Crippen molar-refractivity contribution in [3.63, 3.8) is 0 Å². The third kappa shape index (κ3) is 3.58. The smallest absolute Gasteiger partial charge is 0.326 e. The number of halogens is 1. The van der Waals surface area contributed by atoms with Crippen LogP contribution in [0.5, 0.6) is 0 Å². The van der Waals surface area contributed by atoms with Crippen molar-refractivity contribution in [3.8, 4) is 0 Å². The number of carboxylic acid groups (broad SMARTS) is 1. The third-order valence-corrected chi connectivity index (χ3v) is 4.75. The minimum atomic E-state index is -1.03. The summed E-state index contributed by atoms with van der Waals surface area (Å²) in [6.07, 6.45) is 5.89. The molecule has 1 aliphatic carbocycles. The number of aromatic nitrogens is 1. The van der Waals surface area contributed by atoms with Crippen molar-refractivity contribution >= 4 is 22.8 Å². The summed E-state index contributed by atoms with van der Waals surface area (Å²) in [5.41, 5.74) is 0.685. The first-order chi connectivity index (χ1) is 11.5. The zero-order valence-corrected chi connectivity index (χ0v) is 13.3. The van der Waals surface area contributed by atoms with Crippen LogP contribution in [0.3, 0.4) is 0 Å². The highest BCUT2D eigenvalue weighted by molar-refractivity contribution is 5.99. The maximum Gasteiger partial charge on any atom is 0.326 e. The van der Waals surface area contributed by atoms with E-state index in [1.165, 1.54) is 18.6 Å². The van der Waals surface area contributed by atoms with Crippen molar-refractivity contribution in [1.29, 1.82) is 0 Å². The zero-order valence-electron chi connectivity index (χ0n) is 13.3. The fourth-order valence-electron chi connectivity index (χ4n) is 3.45. The normalized spacial score (nSPS) is 16.9. The van der Waals surface area contributed by atoms with Gasteiger partial charge in [-0.25, -0.2) is 9.18 Å². The van der Waals surface area contributed by atoms with E-state index >= 15 is 0 Å². The number of carbonyl (C=O) groups is 2. The van der Waals surface area contributed by atoms with Crippen LogP contribution in [0.2, 0.25) is 0 Å². The lowest BCUT2D eigenvalue weighted by Gasteiger charge is -2.24. The first-order valence-corrected chi connectivity index (χ1v) is 8.35. The molecular weight excluding hydrogens is 311 g/mol. The molecule has 0 spiro atoms. The van der Waals surface area contributed by atoms with Gasteiger partial charge in [-0.2, -0.15) is 0 Å². The second-order valence-electron chi connectivity index (χ2n) is 6.49. The first-order valence-electron chi connectivity index (χ1n) is 8.35. The summed E-state index contributed by atoms with van der Waals surface area (Å²) < 4.78 is 13.7. The predicted molar refractivity (Wildman–Crippen MR) is 88.3 cm³/mol. The number of H-pyrrole nitrogens is 1. The van der Waals surface area contributed by atoms with Crippen LogP contribution in [0.1, 0.15) is 49.0 Å². The van der Waals surface area contributed by atoms with E-state index < -0.39 is 23.7 Å². The number of aromatic amines is 1. The van der Waals surface area contributed by atoms with Gasteiger partial charge in [0.05, 0.1) is 0 Å². The quantitative estimate of drug-likeness (QED) is 0.784. The second-order valence-corrected chi connectivity index (χ2v) is 6.49. The average molecular weight is 332 g/mol. The topological polar surface area (TPSA) is 82.2 Å². The molecule has 1 atom stereocenters. The van der Waals surface area contributed by atoms with Gasteiger partial charge in [0, 0.05) is 10.9 Å². The monoisotopic (exact) mass is 332 g/mol. The molecule has 128 valence electrons. The molecule has 24 heavy (non-hydrogen) atoms. The van der Waals surface area contributed by atoms with Crippen LogP contribution in [0.25, 0.3) is 10.9 Å². The molecule has 0 aliphatic heterocycles. The molecule has 3 N–H and O–H groups in total. The van der Waals surface area contributed by atoms with Gasteiger partial charge in [0.25, 0.3) is 5.91 Å². The van der Waals surface area contributed by atoms with Gasteiger partial charge in [0.15, 0.2) is 0 Å². The lowest BCUT2D eigenvalue weighted by atomic mass is 9.85. The fraction of sp³-hybridized carbons (Fsp3) is 0.444. The van der Waals surface area contributed by atoms with E-state index in [1.54, 1.807) is 12.1 Å². The van der Waals surface area contributed by atoms with E-state index in [9.17, 15) is 19.1 Å². The van der Waals surface area contributed by atoms with Crippen LogP contribution >= 0.6 is 0 Å². The number of carboxylic acids is 1. The molecule has 1 aromatic heterocycles. The molecule has 0 saturated heterocycles. The minimum Gasteiger partial charge on any atom is -0.480 e. The number of hydrogen-bond donors (Lipinski definition) is 3. The van der Waals surface area contributed by atoms with E-state index in [2.05, 4.69) is 10.3 Å². The zero-order chi connectivity index (χ0) is 17.1. The van der Waals surface area contributed by atoms with E-state index in [0.29, 0.717) is 23.2 Å². The molecular formula is C18H21FN2O3. The molecule has 1 heterocycles. The van der Waals surface area contributed by atoms with Gasteiger partial charge in [-0.3, -0.25) is 4.79 Å². The Kier molecular flexibility index (Phi) is 4.83. The average Bonchev–Trinajstić information content (AvgIpc) is 3.01. The van der Waals surface area contributed by atoms with Gasteiger partial charge >= 0.3 is 5.97 Å².